The molecular formula is C19H23ClFN5O2. The van der Waals surface area contributed by atoms with Gasteiger partial charge in [0.25, 0.3) is 0 Å². The predicted octanol–water partition coefficient (Wildman–Crippen LogP) is 1.54. The average Bonchev–Trinajstić information content (AvgIpc) is 3.00. The van der Waals surface area contributed by atoms with Crippen LogP contribution in [0.1, 0.15) is 30.1 Å². The number of amides is 1. The third kappa shape index (κ3) is 3.58. The smallest absolute Gasteiger partial charge is 0.340 e. The first-order chi connectivity index (χ1) is 13.4. The van der Waals surface area contributed by atoms with Crippen molar-refractivity contribution in [3.05, 3.63) is 50.9 Å². The van der Waals surface area contributed by atoms with Crippen LogP contribution < -0.4 is 5.69 Å². The number of hydrogen-bond donors (Lipinski definition) is 0. The molecule has 2 aliphatic rings. The molecule has 1 fully saturated rings. The molecule has 9 heteroatoms. The van der Waals surface area contributed by atoms with Gasteiger partial charge in [-0.15, -0.1) is 0 Å². The average molecular weight is 408 g/mol. The maximum absolute atomic E-state index is 13.3. The van der Waals surface area contributed by atoms with Crippen molar-refractivity contribution in [1.29, 1.82) is 0 Å². The maximum Gasteiger partial charge on any atom is 0.346 e. The molecule has 0 radical (unpaired) electrons. The Morgan fingerprint density at radius 3 is 2.71 bits per heavy atom. The Bertz CT molecular complexity index is 948. The first-order valence-electron chi connectivity index (χ1n) is 9.53. The largest absolute Gasteiger partial charge is 0.346 e. The van der Waals surface area contributed by atoms with E-state index in [1.54, 1.807) is 10.6 Å². The third-order valence-corrected chi connectivity index (χ3v) is 5.94. The van der Waals surface area contributed by atoms with Gasteiger partial charge in [0, 0.05) is 37.7 Å². The molecule has 1 atom stereocenters. The molecule has 2 aliphatic heterocycles. The number of benzene rings is 1. The topological polar surface area (TPSA) is 63.4 Å². The van der Waals surface area contributed by atoms with Gasteiger partial charge in [-0.05, 0) is 37.6 Å². The summed E-state index contributed by atoms with van der Waals surface area (Å²) in [6.07, 6.45) is 1.46. The lowest BCUT2D eigenvalue weighted by Crippen LogP contribution is -2.49. The fraction of sp³-hybridized carbons (Fsp3) is 0.526. The van der Waals surface area contributed by atoms with E-state index in [1.807, 2.05) is 11.9 Å². The van der Waals surface area contributed by atoms with E-state index in [2.05, 4.69) is 10.00 Å². The van der Waals surface area contributed by atoms with Crippen molar-refractivity contribution in [2.45, 2.75) is 31.8 Å². The number of rotatable bonds is 3. The van der Waals surface area contributed by atoms with E-state index < -0.39 is 11.7 Å². The van der Waals surface area contributed by atoms with Gasteiger partial charge in [0.15, 0.2) is 0 Å². The van der Waals surface area contributed by atoms with Crippen molar-refractivity contribution < 1.29 is 9.18 Å². The zero-order chi connectivity index (χ0) is 19.8. The van der Waals surface area contributed by atoms with E-state index in [4.69, 9.17) is 11.6 Å². The zero-order valence-corrected chi connectivity index (χ0v) is 16.5. The standard InChI is InChI=1S/C19H23ClFN5O2/c1-23-7-9-24(10-8-23)18(27)15-3-2-6-25-17(15)22-26(19(25)28)12-13-4-5-14(21)11-16(13)20/h4-5,11,15H,2-3,6-10,12H2,1H3. The van der Waals surface area contributed by atoms with Gasteiger partial charge in [-0.2, -0.15) is 5.10 Å². The first-order valence-corrected chi connectivity index (χ1v) is 9.90. The number of carbonyl (C=O) groups excluding carboxylic acids is 1. The van der Waals surface area contributed by atoms with Crippen LogP contribution in [0.4, 0.5) is 4.39 Å². The van der Waals surface area contributed by atoms with Crippen LogP contribution in [0.3, 0.4) is 0 Å². The van der Waals surface area contributed by atoms with Gasteiger partial charge in [0.2, 0.25) is 5.91 Å². The van der Waals surface area contributed by atoms with Gasteiger partial charge >= 0.3 is 5.69 Å². The number of hydrogen-bond acceptors (Lipinski definition) is 4. The van der Waals surface area contributed by atoms with Crippen LogP contribution in [0.25, 0.3) is 0 Å². The van der Waals surface area contributed by atoms with Gasteiger partial charge in [-0.3, -0.25) is 9.36 Å². The van der Waals surface area contributed by atoms with E-state index >= 15 is 0 Å². The van der Waals surface area contributed by atoms with Crippen LogP contribution in [-0.4, -0.2) is 63.3 Å². The number of halogens is 2. The summed E-state index contributed by atoms with van der Waals surface area (Å²) in [5, 5.41) is 4.73. The second-order valence-corrected chi connectivity index (χ2v) is 7.92. The van der Waals surface area contributed by atoms with E-state index in [9.17, 15) is 14.0 Å². The lowest BCUT2D eigenvalue weighted by molar-refractivity contribution is -0.135. The van der Waals surface area contributed by atoms with Gasteiger partial charge in [0.05, 0.1) is 12.5 Å². The minimum Gasteiger partial charge on any atom is -0.340 e. The number of aromatic nitrogens is 3. The molecule has 0 aliphatic carbocycles. The summed E-state index contributed by atoms with van der Waals surface area (Å²) in [6.45, 7) is 3.79. The number of piperazine rings is 1. The number of nitrogens with zero attached hydrogens (tertiary/aromatic N) is 5. The van der Waals surface area contributed by atoms with Crippen LogP contribution in [0.2, 0.25) is 5.02 Å². The monoisotopic (exact) mass is 407 g/mol. The second kappa shape index (κ2) is 7.67. The molecule has 150 valence electrons. The molecule has 28 heavy (non-hydrogen) atoms. The second-order valence-electron chi connectivity index (χ2n) is 7.51. The quantitative estimate of drug-likeness (QED) is 0.774. The lowest BCUT2D eigenvalue weighted by Gasteiger charge is -2.35. The molecule has 1 saturated heterocycles. The molecule has 0 spiro atoms. The normalized spacial score (nSPS) is 20.2. The molecule has 2 aromatic rings. The van der Waals surface area contributed by atoms with E-state index in [-0.39, 0.29) is 23.2 Å². The Kier molecular flexibility index (Phi) is 5.25. The molecule has 0 N–H and O–H groups in total. The molecule has 1 aromatic heterocycles. The minimum atomic E-state index is -0.428. The SMILES string of the molecule is CN1CCN(C(=O)C2CCCn3c2nn(Cc2ccc(F)cc2Cl)c3=O)CC1. The maximum atomic E-state index is 13.3. The van der Waals surface area contributed by atoms with Crippen molar-refractivity contribution in [2.24, 2.45) is 0 Å². The Labute approximate surface area is 167 Å². The Morgan fingerprint density at radius 1 is 1.25 bits per heavy atom. The number of fused-ring (bicyclic) bond motifs is 1. The number of carbonyl (C=O) groups is 1. The number of likely N-dealkylation sites (N-methyl/N-ethyl adjacent to an activating group) is 1. The summed E-state index contributed by atoms with van der Waals surface area (Å²) in [4.78, 5) is 29.9. The molecule has 1 amide bonds. The highest BCUT2D eigenvalue weighted by molar-refractivity contribution is 6.31. The van der Waals surface area contributed by atoms with Crippen LogP contribution in [0.15, 0.2) is 23.0 Å². The van der Waals surface area contributed by atoms with Crippen LogP contribution >= 0.6 is 11.6 Å². The zero-order valence-electron chi connectivity index (χ0n) is 15.8. The first kappa shape index (κ1) is 19.1. The molecule has 0 bridgehead atoms. The van der Waals surface area contributed by atoms with E-state index in [1.165, 1.54) is 16.8 Å². The molecule has 1 aromatic carbocycles. The fourth-order valence-electron chi connectivity index (χ4n) is 3.90. The van der Waals surface area contributed by atoms with Crippen LogP contribution in [0.5, 0.6) is 0 Å². The van der Waals surface area contributed by atoms with E-state index in [0.29, 0.717) is 37.4 Å². The van der Waals surface area contributed by atoms with Gasteiger partial charge in [-0.1, -0.05) is 17.7 Å². The van der Waals surface area contributed by atoms with Gasteiger partial charge < -0.3 is 9.80 Å². The third-order valence-electron chi connectivity index (χ3n) is 5.59. The van der Waals surface area contributed by atoms with Crippen molar-refractivity contribution in [1.82, 2.24) is 24.1 Å². The lowest BCUT2D eigenvalue weighted by atomic mass is 9.97. The van der Waals surface area contributed by atoms with Crippen molar-refractivity contribution >= 4 is 17.5 Å². The highest BCUT2D eigenvalue weighted by atomic mass is 35.5. The van der Waals surface area contributed by atoms with Crippen LogP contribution in [0, 0.1) is 5.82 Å². The molecule has 1 unspecified atom stereocenters. The summed E-state index contributed by atoms with van der Waals surface area (Å²) in [6, 6.07) is 4.08. The van der Waals surface area contributed by atoms with Crippen molar-refractivity contribution in [3.8, 4) is 0 Å². The Morgan fingerprint density at radius 2 is 2.00 bits per heavy atom. The van der Waals surface area contributed by atoms with Crippen molar-refractivity contribution in [2.75, 3.05) is 33.2 Å². The molecule has 3 heterocycles. The molecule has 7 nitrogen and oxygen atoms in total. The van der Waals surface area contributed by atoms with Gasteiger partial charge in [-0.25, -0.2) is 13.9 Å². The highest BCUT2D eigenvalue weighted by Gasteiger charge is 2.34. The van der Waals surface area contributed by atoms with Gasteiger partial charge in [0.1, 0.15) is 11.6 Å². The van der Waals surface area contributed by atoms with E-state index in [0.717, 1.165) is 19.5 Å². The van der Waals surface area contributed by atoms with Crippen molar-refractivity contribution in [3.63, 3.8) is 0 Å². The molecule has 4 rings (SSSR count). The minimum absolute atomic E-state index is 0.0472. The molecular weight excluding hydrogens is 385 g/mol. The Balaban J connectivity index is 1.60. The molecule has 0 saturated carbocycles. The fourth-order valence-corrected chi connectivity index (χ4v) is 4.13. The summed E-state index contributed by atoms with van der Waals surface area (Å²) in [7, 11) is 2.04. The summed E-state index contributed by atoms with van der Waals surface area (Å²) in [5.74, 6) is -0.248. The van der Waals surface area contributed by atoms with Crippen LogP contribution in [-0.2, 0) is 17.9 Å². The summed E-state index contributed by atoms with van der Waals surface area (Å²) < 4.78 is 16.2. The summed E-state index contributed by atoms with van der Waals surface area (Å²) in [5.41, 5.74) is 0.355. The highest BCUT2D eigenvalue weighted by Crippen LogP contribution is 2.27. The summed E-state index contributed by atoms with van der Waals surface area (Å²) >= 11 is 6.10. The Hall–Kier alpha value is -2.19. The predicted molar refractivity (Wildman–Crippen MR) is 103 cm³/mol.